The van der Waals surface area contributed by atoms with Crippen molar-refractivity contribution >= 4 is 17.5 Å². The van der Waals surface area contributed by atoms with Crippen LogP contribution >= 0.6 is 0 Å². The Morgan fingerprint density at radius 1 is 1.18 bits per heavy atom. The van der Waals surface area contributed by atoms with Crippen LogP contribution in [0.5, 0.6) is 0 Å². The number of methoxy groups -OCH3 is 1. The third-order valence-electron chi connectivity index (χ3n) is 2.66. The maximum absolute atomic E-state index is 11.5. The number of hydrogen-bond donors (Lipinski definition) is 0. The van der Waals surface area contributed by atoms with Crippen molar-refractivity contribution in [3.63, 3.8) is 0 Å². The normalized spacial score (nSPS) is 15.4. The van der Waals surface area contributed by atoms with E-state index in [1.165, 1.54) is 19.3 Å². The summed E-state index contributed by atoms with van der Waals surface area (Å²) >= 11 is 0. The van der Waals surface area contributed by atoms with Crippen LogP contribution in [0, 0.1) is 0 Å². The number of carbonyl (C=O) groups is 3. The SMILES string of the molecule is COC(=O)CCCCC1=CC(=O)C(C)=CC1=O. The molecule has 17 heavy (non-hydrogen) atoms. The molecule has 1 rings (SSSR count). The first-order valence-corrected chi connectivity index (χ1v) is 5.59. The minimum absolute atomic E-state index is 0.0971. The van der Waals surface area contributed by atoms with Gasteiger partial charge in [0.25, 0.3) is 0 Å². The van der Waals surface area contributed by atoms with E-state index in [9.17, 15) is 14.4 Å². The standard InChI is InChI=1S/C13H16O4/c1-9-7-12(15)10(8-11(9)14)5-3-4-6-13(16)17-2/h7-8H,3-6H2,1-2H3. The first-order chi connectivity index (χ1) is 8.04. The van der Waals surface area contributed by atoms with Gasteiger partial charge in [0.05, 0.1) is 7.11 Å². The summed E-state index contributed by atoms with van der Waals surface area (Å²) in [5.41, 5.74) is 1.01. The van der Waals surface area contributed by atoms with Gasteiger partial charge in [-0.05, 0) is 38.3 Å². The smallest absolute Gasteiger partial charge is 0.305 e. The van der Waals surface area contributed by atoms with Crippen LogP contribution in [0.2, 0.25) is 0 Å². The van der Waals surface area contributed by atoms with Gasteiger partial charge in [0.1, 0.15) is 0 Å². The lowest BCUT2D eigenvalue weighted by Gasteiger charge is -2.09. The van der Waals surface area contributed by atoms with Crippen LogP contribution < -0.4 is 0 Å². The lowest BCUT2D eigenvalue weighted by Crippen LogP contribution is -2.11. The van der Waals surface area contributed by atoms with E-state index < -0.39 is 0 Å². The monoisotopic (exact) mass is 236 g/mol. The molecule has 0 aromatic rings. The van der Waals surface area contributed by atoms with E-state index in [4.69, 9.17) is 0 Å². The number of rotatable bonds is 5. The fourth-order valence-corrected chi connectivity index (χ4v) is 1.59. The molecule has 0 N–H and O–H groups in total. The highest BCUT2D eigenvalue weighted by molar-refractivity contribution is 6.19. The van der Waals surface area contributed by atoms with Crippen LogP contribution in [-0.2, 0) is 19.1 Å². The first kappa shape index (κ1) is 13.4. The lowest BCUT2D eigenvalue weighted by atomic mass is 9.94. The minimum atomic E-state index is -0.249. The van der Waals surface area contributed by atoms with Crippen LogP contribution in [0.4, 0.5) is 0 Å². The molecule has 1 aliphatic carbocycles. The molecule has 0 aliphatic heterocycles. The van der Waals surface area contributed by atoms with Gasteiger partial charge in [-0.2, -0.15) is 0 Å². The second-order valence-electron chi connectivity index (χ2n) is 4.01. The summed E-state index contributed by atoms with van der Waals surface area (Å²) in [6.07, 6.45) is 5.01. The molecule has 0 unspecified atom stereocenters. The summed E-state index contributed by atoms with van der Waals surface area (Å²) in [5.74, 6) is -0.450. The van der Waals surface area contributed by atoms with Gasteiger partial charge >= 0.3 is 5.97 Å². The summed E-state index contributed by atoms with van der Waals surface area (Å²) in [6, 6.07) is 0. The Hall–Kier alpha value is -1.71. The molecule has 4 heteroatoms. The maximum atomic E-state index is 11.5. The van der Waals surface area contributed by atoms with Gasteiger partial charge in [-0.1, -0.05) is 0 Å². The first-order valence-electron chi connectivity index (χ1n) is 5.59. The molecule has 0 amide bonds. The Morgan fingerprint density at radius 3 is 2.53 bits per heavy atom. The molecule has 0 aromatic carbocycles. The van der Waals surface area contributed by atoms with E-state index in [2.05, 4.69) is 4.74 Å². The summed E-state index contributed by atoms with van der Waals surface area (Å²) in [5, 5.41) is 0. The van der Waals surface area contributed by atoms with Gasteiger partial charge in [0, 0.05) is 17.6 Å². The Balaban J connectivity index is 2.38. The van der Waals surface area contributed by atoms with Gasteiger partial charge in [0.2, 0.25) is 0 Å². The maximum Gasteiger partial charge on any atom is 0.305 e. The average molecular weight is 236 g/mol. The Kier molecular flexibility index (Phi) is 4.82. The number of unbranched alkanes of at least 4 members (excludes halogenated alkanes) is 1. The predicted octanol–water partition coefficient (Wildman–Crippen LogP) is 1.74. The van der Waals surface area contributed by atoms with E-state index in [0.717, 1.165) is 0 Å². The van der Waals surface area contributed by atoms with Crippen molar-refractivity contribution in [2.24, 2.45) is 0 Å². The number of esters is 1. The Labute approximate surface area is 100 Å². The van der Waals surface area contributed by atoms with Crippen molar-refractivity contribution in [2.45, 2.75) is 32.6 Å². The fraction of sp³-hybridized carbons (Fsp3) is 0.462. The van der Waals surface area contributed by atoms with Crippen LogP contribution in [0.15, 0.2) is 23.3 Å². The van der Waals surface area contributed by atoms with E-state index in [1.54, 1.807) is 6.92 Å². The van der Waals surface area contributed by atoms with Crippen LogP contribution in [-0.4, -0.2) is 24.6 Å². The molecule has 0 radical (unpaired) electrons. The number of ketones is 2. The van der Waals surface area contributed by atoms with Crippen LogP contribution in [0.3, 0.4) is 0 Å². The van der Waals surface area contributed by atoms with E-state index in [-0.39, 0.29) is 17.5 Å². The van der Waals surface area contributed by atoms with E-state index >= 15 is 0 Å². The topological polar surface area (TPSA) is 60.4 Å². The van der Waals surface area contributed by atoms with E-state index in [1.807, 2.05) is 0 Å². The third-order valence-corrected chi connectivity index (χ3v) is 2.66. The van der Waals surface area contributed by atoms with Gasteiger partial charge in [-0.15, -0.1) is 0 Å². The number of allylic oxidation sites excluding steroid dienone is 4. The van der Waals surface area contributed by atoms with Crippen molar-refractivity contribution in [1.82, 2.24) is 0 Å². The van der Waals surface area contributed by atoms with Crippen LogP contribution in [0.1, 0.15) is 32.6 Å². The number of hydrogen-bond acceptors (Lipinski definition) is 4. The second kappa shape index (κ2) is 6.13. The lowest BCUT2D eigenvalue weighted by molar-refractivity contribution is -0.140. The zero-order valence-electron chi connectivity index (χ0n) is 10.1. The number of ether oxygens (including phenoxy) is 1. The molecule has 4 nitrogen and oxygen atoms in total. The molecule has 0 atom stereocenters. The molecule has 0 fully saturated rings. The second-order valence-corrected chi connectivity index (χ2v) is 4.01. The highest BCUT2D eigenvalue weighted by atomic mass is 16.5. The summed E-state index contributed by atoms with van der Waals surface area (Å²) in [6.45, 7) is 1.63. The largest absolute Gasteiger partial charge is 0.469 e. The summed E-state index contributed by atoms with van der Waals surface area (Å²) in [7, 11) is 1.35. The fourth-order valence-electron chi connectivity index (χ4n) is 1.59. The molecular formula is C13H16O4. The molecule has 0 aromatic heterocycles. The van der Waals surface area contributed by atoms with Crippen molar-refractivity contribution < 1.29 is 19.1 Å². The zero-order chi connectivity index (χ0) is 12.8. The zero-order valence-corrected chi connectivity index (χ0v) is 10.1. The van der Waals surface area contributed by atoms with Crippen molar-refractivity contribution in [1.29, 1.82) is 0 Å². The molecule has 0 saturated carbocycles. The molecule has 1 aliphatic rings. The highest BCUT2D eigenvalue weighted by Crippen LogP contribution is 2.17. The highest BCUT2D eigenvalue weighted by Gasteiger charge is 2.16. The molecule has 0 heterocycles. The van der Waals surface area contributed by atoms with Crippen molar-refractivity contribution in [3.8, 4) is 0 Å². The van der Waals surface area contributed by atoms with Gasteiger partial charge in [-0.3, -0.25) is 14.4 Å². The molecule has 92 valence electrons. The predicted molar refractivity (Wildman–Crippen MR) is 62.3 cm³/mol. The quantitative estimate of drug-likeness (QED) is 0.414. The van der Waals surface area contributed by atoms with Crippen molar-refractivity contribution in [2.75, 3.05) is 7.11 Å². The summed E-state index contributed by atoms with van der Waals surface area (Å²) in [4.78, 5) is 33.8. The van der Waals surface area contributed by atoms with Crippen LogP contribution in [0.25, 0.3) is 0 Å². The molecule has 0 saturated heterocycles. The Bertz CT molecular complexity index is 402. The van der Waals surface area contributed by atoms with E-state index in [0.29, 0.717) is 36.8 Å². The Morgan fingerprint density at radius 2 is 1.88 bits per heavy atom. The molecular weight excluding hydrogens is 220 g/mol. The number of carbonyl (C=O) groups excluding carboxylic acids is 3. The van der Waals surface area contributed by atoms with Gasteiger partial charge < -0.3 is 4.74 Å². The van der Waals surface area contributed by atoms with Gasteiger partial charge in [0.15, 0.2) is 11.6 Å². The molecule has 0 spiro atoms. The summed E-state index contributed by atoms with van der Waals surface area (Å²) < 4.78 is 4.51. The molecule has 0 bridgehead atoms. The third kappa shape index (κ3) is 3.98. The van der Waals surface area contributed by atoms with Crippen molar-refractivity contribution in [3.05, 3.63) is 23.3 Å². The van der Waals surface area contributed by atoms with Gasteiger partial charge in [-0.25, -0.2) is 0 Å². The average Bonchev–Trinajstić information content (AvgIpc) is 2.30. The minimum Gasteiger partial charge on any atom is -0.469 e.